The number of ether oxygens (including phenoxy) is 1. The highest BCUT2D eigenvalue weighted by atomic mass is 16.6. The molecule has 0 radical (unpaired) electrons. The molecule has 2 aliphatic heterocycles. The van der Waals surface area contributed by atoms with Crippen molar-refractivity contribution in [1.29, 1.82) is 0 Å². The van der Waals surface area contributed by atoms with Crippen LogP contribution in [0.1, 0.15) is 17.0 Å². The van der Waals surface area contributed by atoms with E-state index in [-0.39, 0.29) is 18.8 Å². The van der Waals surface area contributed by atoms with E-state index in [2.05, 4.69) is 0 Å². The number of benzene rings is 3. The maximum absolute atomic E-state index is 13.8. The van der Waals surface area contributed by atoms with Crippen LogP contribution < -0.4 is 5.01 Å². The van der Waals surface area contributed by atoms with E-state index in [0.717, 1.165) is 10.5 Å². The van der Waals surface area contributed by atoms with E-state index in [0.29, 0.717) is 17.0 Å². The molecule has 9 nitrogen and oxygen atoms in total. The average Bonchev–Trinajstić information content (AvgIpc) is 3.49. The molecule has 2 aliphatic rings. The number of nitro groups is 1. The van der Waals surface area contributed by atoms with Crippen LogP contribution >= 0.6 is 0 Å². The number of nitro benzene ring substituents is 1. The van der Waals surface area contributed by atoms with Gasteiger partial charge in [0.15, 0.2) is 0 Å². The number of non-ortho nitro benzene ring substituents is 1. The van der Waals surface area contributed by atoms with E-state index in [1.54, 1.807) is 17.1 Å². The Balaban J connectivity index is 1.67. The molecule has 0 saturated carbocycles. The summed E-state index contributed by atoms with van der Waals surface area (Å²) in [5.74, 6) is -1.02. The molecule has 5 rings (SSSR count). The topological polar surface area (TPSA) is 105 Å². The second-order valence-corrected chi connectivity index (χ2v) is 7.91. The number of amides is 2. The molecule has 3 aromatic rings. The number of anilines is 1. The Labute approximate surface area is 195 Å². The van der Waals surface area contributed by atoms with Gasteiger partial charge in [0.1, 0.15) is 12.6 Å². The van der Waals surface area contributed by atoms with Gasteiger partial charge in [0, 0.05) is 12.1 Å². The number of hydrazone groups is 1. The van der Waals surface area contributed by atoms with E-state index in [9.17, 15) is 19.7 Å². The predicted molar refractivity (Wildman–Crippen MR) is 125 cm³/mol. The molecule has 0 spiro atoms. The third-order valence-corrected chi connectivity index (χ3v) is 5.92. The van der Waals surface area contributed by atoms with E-state index in [4.69, 9.17) is 9.84 Å². The molecule has 34 heavy (non-hydrogen) atoms. The predicted octanol–water partition coefficient (Wildman–Crippen LogP) is 3.95. The minimum Gasteiger partial charge on any atom is -0.447 e. The lowest BCUT2D eigenvalue weighted by Gasteiger charge is -2.29. The fraction of sp³-hybridized carbons (Fsp3) is 0.160. The first-order chi connectivity index (χ1) is 16.5. The van der Waals surface area contributed by atoms with Crippen LogP contribution in [0.5, 0.6) is 0 Å². The molecule has 1 saturated heterocycles. The number of cyclic esters (lactones) is 1. The van der Waals surface area contributed by atoms with Crippen molar-refractivity contribution in [3.05, 3.63) is 106 Å². The van der Waals surface area contributed by atoms with Crippen LogP contribution in [-0.4, -0.2) is 46.7 Å². The maximum atomic E-state index is 13.8. The van der Waals surface area contributed by atoms with Gasteiger partial charge in [0.25, 0.3) is 11.6 Å². The Morgan fingerprint density at radius 2 is 1.62 bits per heavy atom. The van der Waals surface area contributed by atoms with E-state index >= 15 is 0 Å². The minimum absolute atomic E-state index is 0.0501. The fourth-order valence-electron chi connectivity index (χ4n) is 4.32. The largest absolute Gasteiger partial charge is 0.447 e. The molecule has 2 amide bonds. The molecule has 3 aromatic carbocycles. The van der Waals surface area contributed by atoms with Crippen molar-refractivity contribution >= 4 is 29.1 Å². The molecule has 170 valence electrons. The van der Waals surface area contributed by atoms with Crippen molar-refractivity contribution in [2.24, 2.45) is 5.10 Å². The van der Waals surface area contributed by atoms with Crippen molar-refractivity contribution in [2.45, 2.75) is 12.0 Å². The van der Waals surface area contributed by atoms with Gasteiger partial charge < -0.3 is 4.74 Å². The van der Waals surface area contributed by atoms with Gasteiger partial charge in [-0.05, 0) is 23.3 Å². The number of carbonyl (C=O) groups is 2. The summed E-state index contributed by atoms with van der Waals surface area (Å²) in [6.07, 6.45) is -0.686. The number of rotatable bonds is 5. The number of hydrogen-bond acceptors (Lipinski definition) is 7. The van der Waals surface area contributed by atoms with Gasteiger partial charge in [-0.2, -0.15) is 5.10 Å². The molecule has 0 aliphatic carbocycles. The van der Waals surface area contributed by atoms with Crippen LogP contribution in [0.25, 0.3) is 0 Å². The minimum atomic E-state index is -0.885. The van der Waals surface area contributed by atoms with Gasteiger partial charge in [-0.25, -0.2) is 9.69 Å². The molecular weight excluding hydrogens is 436 g/mol. The van der Waals surface area contributed by atoms with Crippen LogP contribution in [0.2, 0.25) is 0 Å². The van der Waals surface area contributed by atoms with Crippen LogP contribution in [-0.2, 0) is 9.53 Å². The molecule has 0 aromatic heterocycles. The normalized spacial score (nSPS) is 19.6. The van der Waals surface area contributed by atoms with Crippen molar-refractivity contribution < 1.29 is 19.2 Å². The third-order valence-electron chi connectivity index (χ3n) is 5.92. The lowest BCUT2D eigenvalue weighted by Crippen LogP contribution is -2.48. The average molecular weight is 456 g/mol. The summed E-state index contributed by atoms with van der Waals surface area (Å²) in [6.45, 7) is 0.293. The second-order valence-electron chi connectivity index (χ2n) is 7.91. The highest BCUT2D eigenvalue weighted by molar-refractivity contribution is 6.13. The van der Waals surface area contributed by atoms with Crippen LogP contribution in [0, 0.1) is 10.1 Å². The summed E-state index contributed by atoms with van der Waals surface area (Å²) in [5, 5.41) is 17.7. The lowest BCUT2D eigenvalue weighted by atomic mass is 9.84. The number of para-hydroxylation sites is 1. The summed E-state index contributed by atoms with van der Waals surface area (Å²) in [4.78, 5) is 37.9. The molecular formula is C25H20N4O5. The van der Waals surface area contributed by atoms with Crippen molar-refractivity contribution in [3.8, 4) is 0 Å². The number of imide groups is 1. The Bertz CT molecular complexity index is 1260. The fourth-order valence-corrected chi connectivity index (χ4v) is 4.32. The summed E-state index contributed by atoms with van der Waals surface area (Å²) < 4.78 is 5.02. The summed E-state index contributed by atoms with van der Waals surface area (Å²) >= 11 is 0. The Morgan fingerprint density at radius 3 is 2.21 bits per heavy atom. The molecule has 9 heteroatoms. The standard InChI is InChI=1S/C25H20N4O5/c30-24(27-15-16-34-25(27)31)23-21(17-11-13-20(14-12-17)29(32)33)22(18-7-3-1-4-8-18)26-28(23)19-9-5-2-6-10-19/h1-14,21,23H,15-16H2/t21-,23-/m0/s1. The van der Waals surface area contributed by atoms with Gasteiger partial charge in [-0.15, -0.1) is 0 Å². The SMILES string of the molecule is O=C1OCCN1C(=O)[C@@H]1[C@@H](c2ccc([N+](=O)[O-])cc2)C(c2ccccc2)=NN1c1ccccc1. The van der Waals surface area contributed by atoms with Crippen molar-refractivity contribution in [1.82, 2.24) is 4.90 Å². The molecule has 1 fully saturated rings. The first-order valence-electron chi connectivity index (χ1n) is 10.8. The van der Waals surface area contributed by atoms with Crippen molar-refractivity contribution in [2.75, 3.05) is 18.2 Å². The molecule has 0 unspecified atom stereocenters. The highest BCUT2D eigenvalue weighted by Crippen LogP contribution is 2.39. The highest BCUT2D eigenvalue weighted by Gasteiger charge is 2.48. The smallest absolute Gasteiger partial charge is 0.416 e. The van der Waals surface area contributed by atoms with Crippen LogP contribution in [0.15, 0.2) is 90.0 Å². The summed E-state index contributed by atoms with van der Waals surface area (Å²) in [7, 11) is 0. The monoisotopic (exact) mass is 456 g/mol. The first kappa shape index (κ1) is 21.3. The Hall–Kier alpha value is -4.53. The second kappa shape index (κ2) is 8.78. The Morgan fingerprint density at radius 1 is 0.971 bits per heavy atom. The van der Waals surface area contributed by atoms with E-state index in [1.165, 1.54) is 12.1 Å². The van der Waals surface area contributed by atoms with Gasteiger partial charge in [-0.3, -0.25) is 19.9 Å². The molecule has 0 N–H and O–H groups in total. The zero-order chi connectivity index (χ0) is 23.7. The number of nitrogens with zero attached hydrogens (tertiary/aromatic N) is 4. The zero-order valence-corrected chi connectivity index (χ0v) is 18.0. The van der Waals surface area contributed by atoms with Gasteiger partial charge in [-0.1, -0.05) is 60.7 Å². The Kier molecular flexibility index (Phi) is 5.51. The van der Waals surface area contributed by atoms with E-state index in [1.807, 2.05) is 60.7 Å². The van der Waals surface area contributed by atoms with Gasteiger partial charge in [0.05, 0.1) is 28.8 Å². The maximum Gasteiger partial charge on any atom is 0.416 e. The molecule has 2 heterocycles. The first-order valence-corrected chi connectivity index (χ1v) is 10.8. The third kappa shape index (κ3) is 3.77. The van der Waals surface area contributed by atoms with Crippen LogP contribution in [0.3, 0.4) is 0 Å². The lowest BCUT2D eigenvalue weighted by molar-refractivity contribution is -0.384. The van der Waals surface area contributed by atoms with Gasteiger partial charge in [0.2, 0.25) is 0 Å². The summed E-state index contributed by atoms with van der Waals surface area (Å²) in [5.41, 5.74) is 2.75. The number of carbonyl (C=O) groups excluding carboxylic acids is 2. The van der Waals surface area contributed by atoms with Gasteiger partial charge >= 0.3 is 6.09 Å². The van der Waals surface area contributed by atoms with E-state index < -0.39 is 28.9 Å². The summed E-state index contributed by atoms with van der Waals surface area (Å²) in [6, 6.07) is 23.9. The molecule has 2 atom stereocenters. The number of hydrogen-bond donors (Lipinski definition) is 0. The molecule has 0 bridgehead atoms. The zero-order valence-electron chi connectivity index (χ0n) is 18.0. The van der Waals surface area contributed by atoms with Crippen LogP contribution in [0.4, 0.5) is 16.2 Å². The van der Waals surface area contributed by atoms with Crippen molar-refractivity contribution in [3.63, 3.8) is 0 Å². The quantitative estimate of drug-likeness (QED) is 0.425.